The van der Waals surface area contributed by atoms with Crippen LogP contribution in [0.3, 0.4) is 0 Å². The van der Waals surface area contributed by atoms with E-state index in [1.54, 1.807) is 12.4 Å². The molecule has 0 aliphatic heterocycles. The first-order valence-corrected chi connectivity index (χ1v) is 5.56. The van der Waals surface area contributed by atoms with Crippen molar-refractivity contribution < 1.29 is 0 Å². The Labute approximate surface area is 98.7 Å². The Morgan fingerprint density at radius 1 is 0.714 bits per heavy atom. The third-order valence-electron chi connectivity index (χ3n) is 1.74. The summed E-state index contributed by atoms with van der Waals surface area (Å²) < 4.78 is 1.94. The summed E-state index contributed by atoms with van der Waals surface area (Å²) >= 11 is 6.77. The van der Waals surface area contributed by atoms with Gasteiger partial charge in [-0.05, 0) is 44.0 Å². The Bertz CT molecular complexity index is 414. The van der Waals surface area contributed by atoms with Gasteiger partial charge in [-0.3, -0.25) is 9.97 Å². The summed E-state index contributed by atoms with van der Waals surface area (Å²) in [7, 11) is 0. The van der Waals surface area contributed by atoms with Crippen LogP contribution >= 0.6 is 31.9 Å². The molecule has 70 valence electrons. The van der Waals surface area contributed by atoms with Crippen molar-refractivity contribution in [2.75, 3.05) is 0 Å². The third-order valence-corrected chi connectivity index (χ3v) is 2.61. The highest BCUT2D eigenvalue weighted by Gasteiger charge is 1.99. The van der Waals surface area contributed by atoms with Crippen LogP contribution in [0.4, 0.5) is 0 Å². The molecular formula is C10H6Br2N2. The van der Waals surface area contributed by atoms with E-state index in [1.165, 1.54) is 0 Å². The van der Waals surface area contributed by atoms with E-state index in [4.69, 9.17) is 0 Å². The Hall–Kier alpha value is -0.740. The zero-order chi connectivity index (χ0) is 9.97. The Morgan fingerprint density at radius 2 is 1.14 bits per heavy atom. The minimum absolute atomic E-state index is 0.968. The number of halogens is 2. The van der Waals surface area contributed by atoms with Crippen molar-refractivity contribution in [3.05, 3.63) is 45.9 Å². The van der Waals surface area contributed by atoms with Crippen LogP contribution in [0.25, 0.3) is 11.1 Å². The first-order chi connectivity index (χ1) is 6.75. The van der Waals surface area contributed by atoms with Crippen LogP contribution in [0.2, 0.25) is 0 Å². The van der Waals surface area contributed by atoms with Crippen molar-refractivity contribution in [3.63, 3.8) is 0 Å². The highest BCUT2D eigenvalue weighted by Crippen LogP contribution is 2.23. The molecule has 2 rings (SSSR count). The number of rotatable bonds is 1. The molecule has 0 amide bonds. The SMILES string of the molecule is Brc1cncc(-c2cncc(Br)c2)c1. The van der Waals surface area contributed by atoms with Crippen molar-refractivity contribution in [2.45, 2.75) is 0 Å². The normalized spacial score (nSPS) is 10.1. The van der Waals surface area contributed by atoms with Crippen LogP contribution in [0.15, 0.2) is 45.9 Å². The smallest absolute Gasteiger partial charge is 0.0410 e. The molecule has 4 heteroatoms. The highest BCUT2D eigenvalue weighted by molar-refractivity contribution is 9.10. The molecule has 0 saturated heterocycles. The molecule has 0 atom stereocenters. The van der Waals surface area contributed by atoms with E-state index in [0.717, 1.165) is 20.1 Å². The van der Waals surface area contributed by atoms with Gasteiger partial charge in [0, 0.05) is 44.9 Å². The molecule has 2 aromatic rings. The van der Waals surface area contributed by atoms with Gasteiger partial charge in [0.25, 0.3) is 0 Å². The van der Waals surface area contributed by atoms with Gasteiger partial charge in [-0.1, -0.05) is 0 Å². The summed E-state index contributed by atoms with van der Waals surface area (Å²) in [6, 6.07) is 4.02. The fourth-order valence-electron chi connectivity index (χ4n) is 1.14. The fourth-order valence-corrected chi connectivity index (χ4v) is 1.87. The number of nitrogens with zero attached hydrogens (tertiary/aromatic N) is 2. The molecule has 2 nitrogen and oxygen atoms in total. The zero-order valence-electron chi connectivity index (χ0n) is 7.11. The topological polar surface area (TPSA) is 25.8 Å². The lowest BCUT2D eigenvalue weighted by molar-refractivity contribution is 1.28. The maximum Gasteiger partial charge on any atom is 0.0410 e. The maximum atomic E-state index is 4.10. The van der Waals surface area contributed by atoms with Gasteiger partial charge < -0.3 is 0 Å². The van der Waals surface area contributed by atoms with E-state index in [9.17, 15) is 0 Å². The van der Waals surface area contributed by atoms with Gasteiger partial charge in [0.15, 0.2) is 0 Å². The predicted molar refractivity (Wildman–Crippen MR) is 62.9 cm³/mol. The van der Waals surface area contributed by atoms with Gasteiger partial charge in [-0.25, -0.2) is 0 Å². The minimum atomic E-state index is 0.968. The van der Waals surface area contributed by atoms with Gasteiger partial charge in [-0.15, -0.1) is 0 Å². The zero-order valence-corrected chi connectivity index (χ0v) is 10.3. The molecule has 0 saturated carbocycles. The van der Waals surface area contributed by atoms with E-state index < -0.39 is 0 Å². The predicted octanol–water partition coefficient (Wildman–Crippen LogP) is 3.67. The van der Waals surface area contributed by atoms with E-state index in [0.29, 0.717) is 0 Å². The first kappa shape index (κ1) is 9.80. The number of aromatic nitrogens is 2. The van der Waals surface area contributed by atoms with Crippen molar-refractivity contribution in [2.24, 2.45) is 0 Å². The summed E-state index contributed by atoms with van der Waals surface area (Å²) in [4.78, 5) is 8.20. The summed E-state index contributed by atoms with van der Waals surface area (Å²) in [5, 5.41) is 0. The summed E-state index contributed by atoms with van der Waals surface area (Å²) in [6.07, 6.45) is 7.15. The van der Waals surface area contributed by atoms with E-state index in [-0.39, 0.29) is 0 Å². The molecule has 0 unspecified atom stereocenters. The lowest BCUT2D eigenvalue weighted by Gasteiger charge is -2.01. The maximum absolute atomic E-state index is 4.10. The Kier molecular flexibility index (Phi) is 2.93. The Balaban J connectivity index is 2.49. The quantitative estimate of drug-likeness (QED) is 0.803. The van der Waals surface area contributed by atoms with Crippen LogP contribution in [0, 0.1) is 0 Å². The second kappa shape index (κ2) is 4.19. The lowest BCUT2D eigenvalue weighted by Crippen LogP contribution is -1.82. The molecule has 2 aromatic heterocycles. The van der Waals surface area contributed by atoms with Gasteiger partial charge in [0.1, 0.15) is 0 Å². The van der Waals surface area contributed by atoms with Crippen molar-refractivity contribution in [1.82, 2.24) is 9.97 Å². The van der Waals surface area contributed by atoms with Gasteiger partial charge >= 0.3 is 0 Å². The average molecular weight is 314 g/mol. The number of hydrogen-bond donors (Lipinski definition) is 0. The molecule has 14 heavy (non-hydrogen) atoms. The molecule has 0 fully saturated rings. The molecule has 0 bridgehead atoms. The van der Waals surface area contributed by atoms with Crippen LogP contribution in [-0.2, 0) is 0 Å². The highest BCUT2D eigenvalue weighted by atomic mass is 79.9. The standard InChI is InChI=1S/C10H6Br2N2/c11-9-1-7(3-13-5-9)8-2-10(12)6-14-4-8/h1-6H. The molecule has 0 spiro atoms. The monoisotopic (exact) mass is 312 g/mol. The van der Waals surface area contributed by atoms with Gasteiger partial charge in [0.2, 0.25) is 0 Å². The molecular weight excluding hydrogens is 308 g/mol. The number of pyridine rings is 2. The van der Waals surface area contributed by atoms with Crippen molar-refractivity contribution in [1.29, 1.82) is 0 Å². The van der Waals surface area contributed by atoms with Crippen LogP contribution < -0.4 is 0 Å². The van der Waals surface area contributed by atoms with Gasteiger partial charge in [0.05, 0.1) is 0 Å². The van der Waals surface area contributed by atoms with Crippen molar-refractivity contribution in [3.8, 4) is 11.1 Å². The first-order valence-electron chi connectivity index (χ1n) is 3.97. The minimum Gasteiger partial charge on any atom is -0.263 e. The Morgan fingerprint density at radius 3 is 1.50 bits per heavy atom. The van der Waals surface area contributed by atoms with Gasteiger partial charge in [-0.2, -0.15) is 0 Å². The third kappa shape index (κ3) is 2.19. The largest absolute Gasteiger partial charge is 0.263 e. The molecule has 0 aliphatic carbocycles. The average Bonchev–Trinajstić information content (AvgIpc) is 2.18. The summed E-state index contributed by atoms with van der Waals surface area (Å²) in [6.45, 7) is 0. The fraction of sp³-hybridized carbons (Fsp3) is 0. The molecule has 0 aliphatic rings. The van der Waals surface area contributed by atoms with E-state index >= 15 is 0 Å². The van der Waals surface area contributed by atoms with Crippen LogP contribution in [0.5, 0.6) is 0 Å². The van der Waals surface area contributed by atoms with Crippen LogP contribution in [0.1, 0.15) is 0 Å². The molecule has 0 N–H and O–H groups in total. The second-order valence-corrected chi connectivity index (χ2v) is 4.62. The van der Waals surface area contributed by atoms with Crippen LogP contribution in [-0.4, -0.2) is 9.97 Å². The van der Waals surface area contributed by atoms with E-state index in [1.807, 2.05) is 24.5 Å². The lowest BCUT2D eigenvalue weighted by atomic mass is 10.1. The summed E-state index contributed by atoms with van der Waals surface area (Å²) in [5.74, 6) is 0. The second-order valence-electron chi connectivity index (χ2n) is 2.78. The molecule has 0 aromatic carbocycles. The van der Waals surface area contributed by atoms with Crippen molar-refractivity contribution >= 4 is 31.9 Å². The van der Waals surface area contributed by atoms with E-state index in [2.05, 4.69) is 41.8 Å². The number of hydrogen-bond acceptors (Lipinski definition) is 2. The molecule has 2 heterocycles. The molecule has 0 radical (unpaired) electrons. The summed E-state index contributed by atoms with van der Waals surface area (Å²) in [5.41, 5.74) is 2.10.